The molecule has 130 valence electrons. The number of rotatable bonds is 6. The molecule has 0 aliphatic rings. The van der Waals surface area contributed by atoms with Gasteiger partial charge in [0.25, 0.3) is 0 Å². The molecule has 0 atom stereocenters. The minimum Gasteiger partial charge on any atom is -0.325 e. The molecule has 0 heterocycles. The summed E-state index contributed by atoms with van der Waals surface area (Å²) in [6.07, 6.45) is 1.21. The van der Waals surface area contributed by atoms with Crippen LogP contribution in [-0.4, -0.2) is 27.1 Å². The molecule has 2 rings (SSSR count). The number of benzene rings is 2. The maximum atomic E-state index is 13.4. The molecule has 6 nitrogen and oxygen atoms in total. The van der Waals surface area contributed by atoms with Crippen molar-refractivity contribution in [1.29, 1.82) is 5.26 Å². The number of hydrogen-bond donors (Lipinski definition) is 1. The van der Waals surface area contributed by atoms with Crippen molar-refractivity contribution in [1.82, 2.24) is 0 Å². The highest BCUT2D eigenvalue weighted by Crippen LogP contribution is 2.19. The van der Waals surface area contributed by atoms with Crippen LogP contribution in [0.1, 0.15) is 5.56 Å². The van der Waals surface area contributed by atoms with Gasteiger partial charge in [0.1, 0.15) is 12.4 Å². The van der Waals surface area contributed by atoms with Gasteiger partial charge in [-0.25, -0.2) is 12.8 Å². The first-order valence-corrected chi connectivity index (χ1v) is 9.13. The summed E-state index contributed by atoms with van der Waals surface area (Å²) in [5.74, 6) is -1.16. The van der Waals surface area contributed by atoms with E-state index in [1.807, 2.05) is 6.07 Å². The number of nitrogens with one attached hydrogen (secondary N) is 1. The largest absolute Gasteiger partial charge is 0.325 e. The Morgan fingerprint density at radius 3 is 2.48 bits per heavy atom. The summed E-state index contributed by atoms with van der Waals surface area (Å²) in [5.41, 5.74) is 1.35. The van der Waals surface area contributed by atoms with Crippen LogP contribution in [0.15, 0.2) is 48.5 Å². The van der Waals surface area contributed by atoms with Crippen molar-refractivity contribution in [2.24, 2.45) is 0 Å². The molecule has 0 aliphatic heterocycles. The zero-order valence-corrected chi connectivity index (χ0v) is 14.3. The first kappa shape index (κ1) is 18.4. The third kappa shape index (κ3) is 5.29. The van der Waals surface area contributed by atoms with Gasteiger partial charge in [-0.3, -0.25) is 9.10 Å². The average Bonchev–Trinajstić information content (AvgIpc) is 2.54. The smallest absolute Gasteiger partial charge is 0.245 e. The summed E-state index contributed by atoms with van der Waals surface area (Å²) in [6, 6.07) is 13.7. The number of hydrogen-bond acceptors (Lipinski definition) is 4. The third-order valence-corrected chi connectivity index (χ3v) is 4.45. The molecule has 1 N–H and O–H groups in total. The molecule has 0 bridgehead atoms. The summed E-state index contributed by atoms with van der Waals surface area (Å²) in [4.78, 5) is 12.2. The summed E-state index contributed by atoms with van der Waals surface area (Å²) < 4.78 is 38.1. The summed E-state index contributed by atoms with van der Waals surface area (Å²) in [7, 11) is -3.77. The number of anilines is 2. The maximum Gasteiger partial charge on any atom is 0.245 e. The number of amides is 1. The molecule has 0 saturated heterocycles. The number of nitriles is 1. The molecule has 0 fully saturated rings. The molecule has 0 aliphatic carbocycles. The van der Waals surface area contributed by atoms with E-state index in [0.29, 0.717) is 5.69 Å². The van der Waals surface area contributed by atoms with E-state index in [-0.39, 0.29) is 12.1 Å². The second-order valence-corrected chi connectivity index (χ2v) is 7.24. The molecule has 0 radical (unpaired) electrons. The minimum absolute atomic E-state index is 0.0713. The van der Waals surface area contributed by atoms with Gasteiger partial charge in [-0.1, -0.05) is 18.2 Å². The van der Waals surface area contributed by atoms with Gasteiger partial charge in [0.2, 0.25) is 15.9 Å². The number of carbonyl (C=O) groups is 1. The van der Waals surface area contributed by atoms with Crippen molar-refractivity contribution in [3.05, 3.63) is 59.9 Å². The fourth-order valence-corrected chi connectivity index (χ4v) is 3.01. The van der Waals surface area contributed by atoms with Gasteiger partial charge >= 0.3 is 0 Å². The zero-order valence-electron chi connectivity index (χ0n) is 13.4. The standard InChI is InChI=1S/C17H16FN3O3S/c1-25(23,24)21(16-4-2-3-14(18)11-16)12-17(22)20-15-7-5-13(6-8-15)9-10-19/h2-8,11H,9,12H2,1H3,(H,20,22). The topological polar surface area (TPSA) is 90.3 Å². The fourth-order valence-electron chi connectivity index (χ4n) is 2.16. The van der Waals surface area contributed by atoms with E-state index < -0.39 is 28.3 Å². The van der Waals surface area contributed by atoms with E-state index in [4.69, 9.17) is 5.26 Å². The summed E-state index contributed by atoms with van der Waals surface area (Å²) in [6.45, 7) is -0.484. The molecule has 0 aromatic heterocycles. The van der Waals surface area contributed by atoms with Crippen LogP contribution >= 0.6 is 0 Å². The molecule has 0 saturated carbocycles. The lowest BCUT2D eigenvalue weighted by molar-refractivity contribution is -0.114. The predicted octanol–water partition coefficient (Wildman–Crippen LogP) is 2.30. The van der Waals surface area contributed by atoms with Crippen molar-refractivity contribution in [2.75, 3.05) is 22.4 Å². The van der Waals surface area contributed by atoms with Crippen LogP contribution in [0.3, 0.4) is 0 Å². The van der Waals surface area contributed by atoms with Gasteiger partial charge in [-0.15, -0.1) is 0 Å². The molecular formula is C17H16FN3O3S. The molecule has 8 heteroatoms. The van der Waals surface area contributed by atoms with E-state index >= 15 is 0 Å². The second-order valence-electron chi connectivity index (χ2n) is 5.33. The second kappa shape index (κ2) is 7.77. The van der Waals surface area contributed by atoms with E-state index in [1.54, 1.807) is 24.3 Å². The number of halogens is 1. The van der Waals surface area contributed by atoms with Gasteiger partial charge in [0.15, 0.2) is 0 Å². The summed E-state index contributed by atoms with van der Waals surface area (Å²) in [5, 5.41) is 11.2. The molecule has 0 unspecified atom stereocenters. The number of nitrogens with zero attached hydrogens (tertiary/aromatic N) is 2. The SMILES string of the molecule is CS(=O)(=O)N(CC(=O)Nc1ccc(CC#N)cc1)c1cccc(F)c1. The first-order valence-electron chi connectivity index (χ1n) is 7.28. The normalized spacial score (nSPS) is 10.8. The van der Waals surface area contributed by atoms with Gasteiger partial charge in [-0.2, -0.15) is 5.26 Å². The molecule has 2 aromatic carbocycles. The lowest BCUT2D eigenvalue weighted by Crippen LogP contribution is -2.37. The van der Waals surface area contributed by atoms with Crippen LogP contribution < -0.4 is 9.62 Å². The van der Waals surface area contributed by atoms with Crippen LogP contribution in [0.4, 0.5) is 15.8 Å². The maximum absolute atomic E-state index is 13.4. The molecule has 25 heavy (non-hydrogen) atoms. The Kier molecular flexibility index (Phi) is 5.72. The minimum atomic E-state index is -3.77. The van der Waals surface area contributed by atoms with E-state index in [0.717, 1.165) is 22.2 Å². The van der Waals surface area contributed by atoms with E-state index in [2.05, 4.69) is 5.32 Å². The van der Waals surface area contributed by atoms with Crippen molar-refractivity contribution in [3.8, 4) is 6.07 Å². The monoisotopic (exact) mass is 361 g/mol. The summed E-state index contributed by atoms with van der Waals surface area (Å²) >= 11 is 0. The molecular weight excluding hydrogens is 345 g/mol. The van der Waals surface area contributed by atoms with E-state index in [9.17, 15) is 17.6 Å². The highest BCUT2D eigenvalue weighted by atomic mass is 32.2. The highest BCUT2D eigenvalue weighted by molar-refractivity contribution is 7.92. The molecule has 2 aromatic rings. The first-order chi connectivity index (χ1) is 11.8. The van der Waals surface area contributed by atoms with Gasteiger partial charge in [0, 0.05) is 5.69 Å². The van der Waals surface area contributed by atoms with Crippen molar-refractivity contribution >= 4 is 27.3 Å². The number of sulfonamides is 1. The third-order valence-electron chi connectivity index (χ3n) is 3.30. The quantitative estimate of drug-likeness (QED) is 0.855. The zero-order chi connectivity index (χ0) is 18.4. The molecule has 1 amide bonds. The fraction of sp³-hybridized carbons (Fsp3) is 0.176. The van der Waals surface area contributed by atoms with Crippen LogP contribution in [0.5, 0.6) is 0 Å². The Balaban J connectivity index is 2.13. The predicted molar refractivity (Wildman–Crippen MR) is 93.0 cm³/mol. The Labute approximate surface area is 145 Å². The average molecular weight is 361 g/mol. The van der Waals surface area contributed by atoms with Gasteiger partial charge < -0.3 is 5.32 Å². The Morgan fingerprint density at radius 2 is 1.92 bits per heavy atom. The van der Waals surface area contributed by atoms with Crippen molar-refractivity contribution in [2.45, 2.75) is 6.42 Å². The van der Waals surface area contributed by atoms with Crippen LogP contribution in [-0.2, 0) is 21.2 Å². The Morgan fingerprint density at radius 1 is 1.24 bits per heavy atom. The molecule has 0 spiro atoms. The van der Waals surface area contributed by atoms with Crippen LogP contribution in [0.25, 0.3) is 0 Å². The van der Waals surface area contributed by atoms with Crippen LogP contribution in [0, 0.1) is 17.1 Å². The van der Waals surface area contributed by atoms with Crippen LogP contribution in [0.2, 0.25) is 0 Å². The van der Waals surface area contributed by atoms with E-state index in [1.165, 1.54) is 18.2 Å². The van der Waals surface area contributed by atoms with Crippen molar-refractivity contribution < 1.29 is 17.6 Å². The number of carbonyl (C=O) groups excluding carboxylic acids is 1. The van der Waals surface area contributed by atoms with Crippen molar-refractivity contribution in [3.63, 3.8) is 0 Å². The lowest BCUT2D eigenvalue weighted by atomic mass is 10.1. The highest BCUT2D eigenvalue weighted by Gasteiger charge is 2.21. The van der Waals surface area contributed by atoms with Gasteiger partial charge in [0.05, 0.1) is 24.4 Å². The van der Waals surface area contributed by atoms with Gasteiger partial charge in [-0.05, 0) is 35.9 Å². The lowest BCUT2D eigenvalue weighted by Gasteiger charge is -2.21. The Hall–Kier alpha value is -2.92. The Bertz CT molecular complexity index is 905.